The molecular weight excluding hydrogens is 672 g/mol. The van der Waals surface area contributed by atoms with Crippen LogP contribution in [0.25, 0.3) is 6.08 Å². The molecule has 0 unspecified atom stereocenters. The molecule has 0 fully saturated rings. The molecule has 45 heavy (non-hydrogen) atoms. The molecule has 0 aliphatic carbocycles. The minimum absolute atomic E-state index is 0.241. The van der Waals surface area contributed by atoms with Crippen LogP contribution >= 0.6 is 38.9 Å². The molecule has 0 spiro atoms. The largest absolute Gasteiger partial charge is 0.488 e. The normalized spacial score (nSPS) is 14.4. The smallest absolute Gasteiger partial charge is 0.271 e. The number of amides is 1. The molecule has 1 aliphatic rings. The molecule has 1 aromatic heterocycles. The summed E-state index contributed by atoms with van der Waals surface area (Å²) in [5.41, 5.74) is 4.15. The summed E-state index contributed by atoms with van der Waals surface area (Å²) in [6, 6.07) is 30.6. The van der Waals surface area contributed by atoms with Gasteiger partial charge >= 0.3 is 0 Å². The van der Waals surface area contributed by atoms with Gasteiger partial charge in [-0.05, 0) is 82.5 Å². The predicted octanol–water partition coefficient (Wildman–Crippen LogP) is 6.74. The number of ether oxygens (including phenoxy) is 1. The molecule has 6 rings (SSSR count). The maximum atomic E-state index is 14.0. The van der Waals surface area contributed by atoms with Gasteiger partial charge in [-0.3, -0.25) is 14.2 Å². The zero-order valence-corrected chi connectivity index (χ0v) is 27.0. The topological polar surface area (TPSA) is 96.5 Å². The number of nitrogens with zero attached hydrogens (tertiary/aromatic N) is 3. The van der Waals surface area contributed by atoms with Crippen molar-refractivity contribution in [1.29, 1.82) is 5.26 Å². The van der Waals surface area contributed by atoms with Crippen LogP contribution in [0, 0.1) is 11.3 Å². The van der Waals surface area contributed by atoms with E-state index in [-0.39, 0.29) is 18.1 Å². The molecule has 0 saturated carbocycles. The van der Waals surface area contributed by atoms with E-state index in [1.54, 1.807) is 47.9 Å². The number of allylic oxidation sites excluding steroid dienone is 1. The van der Waals surface area contributed by atoms with Gasteiger partial charge in [-0.25, -0.2) is 4.99 Å². The van der Waals surface area contributed by atoms with E-state index in [0.29, 0.717) is 47.1 Å². The summed E-state index contributed by atoms with van der Waals surface area (Å²) in [6.45, 7) is 2.02. The van der Waals surface area contributed by atoms with Crippen LogP contribution in [0.15, 0.2) is 123 Å². The van der Waals surface area contributed by atoms with E-state index in [9.17, 15) is 14.9 Å². The molecule has 1 atom stereocenters. The van der Waals surface area contributed by atoms with E-state index in [4.69, 9.17) is 21.3 Å². The van der Waals surface area contributed by atoms with E-state index < -0.39 is 6.04 Å². The fourth-order valence-corrected chi connectivity index (χ4v) is 6.76. The zero-order chi connectivity index (χ0) is 31.5. The number of thiazole rings is 1. The van der Waals surface area contributed by atoms with Crippen LogP contribution < -0.4 is 24.9 Å². The van der Waals surface area contributed by atoms with Gasteiger partial charge in [-0.15, -0.1) is 0 Å². The Morgan fingerprint density at radius 1 is 1.09 bits per heavy atom. The van der Waals surface area contributed by atoms with Crippen LogP contribution in [0.3, 0.4) is 0 Å². The lowest BCUT2D eigenvalue weighted by Gasteiger charge is -2.25. The molecule has 7 nitrogen and oxygen atoms in total. The Bertz CT molecular complexity index is 2190. The summed E-state index contributed by atoms with van der Waals surface area (Å²) in [4.78, 5) is 32.9. The average Bonchev–Trinajstić information content (AvgIpc) is 3.34. The molecule has 4 aromatic carbocycles. The monoisotopic (exact) mass is 694 g/mol. The SMILES string of the molecule is CC1=C(C(=O)Nc2ccccc2)[C@H](c2ccc(Cl)cc2)n2c(s/c(=C/c3ccc(OCc4ccccc4C#N)c(Br)c3)c2=O)=N1. The first-order valence-electron chi connectivity index (χ1n) is 13.9. The van der Waals surface area contributed by atoms with Gasteiger partial charge in [-0.2, -0.15) is 5.26 Å². The number of hydrogen-bond acceptors (Lipinski definition) is 6. The lowest BCUT2D eigenvalue weighted by atomic mass is 9.95. The highest BCUT2D eigenvalue weighted by atomic mass is 79.9. The number of rotatable bonds is 7. The standard InChI is InChI=1S/C35H24BrClN4O3S/c1-21-31(33(42)40-27-9-3-2-4-10-27)32(23-12-14-26(37)15-13-23)41-34(43)30(45-35(41)39-21)18-22-11-16-29(28(36)17-22)44-20-25-8-6-5-7-24(25)19-38/h2-18,32H,20H2,1H3,(H,40,42)/b30-18+/t32-/m0/s1. The van der Waals surface area contributed by atoms with Crippen molar-refractivity contribution in [3.05, 3.63) is 160 Å². The first-order valence-corrected chi connectivity index (χ1v) is 15.9. The summed E-state index contributed by atoms with van der Waals surface area (Å²) in [6.07, 6.45) is 1.80. The Morgan fingerprint density at radius 3 is 2.56 bits per heavy atom. The van der Waals surface area contributed by atoms with Crippen LogP contribution in [-0.2, 0) is 11.4 Å². The van der Waals surface area contributed by atoms with Crippen LogP contribution in [-0.4, -0.2) is 10.5 Å². The van der Waals surface area contributed by atoms with Crippen LogP contribution in [0.1, 0.15) is 35.2 Å². The molecular formula is C35H24BrClN4O3S. The number of aromatic nitrogens is 1. The molecule has 1 N–H and O–H groups in total. The summed E-state index contributed by atoms with van der Waals surface area (Å²) in [5.74, 6) is 0.266. The van der Waals surface area contributed by atoms with Crippen molar-refractivity contribution in [1.82, 2.24) is 4.57 Å². The van der Waals surface area contributed by atoms with Crippen LogP contribution in [0.5, 0.6) is 5.75 Å². The van der Waals surface area contributed by atoms with Crippen molar-refractivity contribution in [2.45, 2.75) is 19.6 Å². The van der Waals surface area contributed by atoms with Gasteiger partial charge in [0.1, 0.15) is 12.4 Å². The lowest BCUT2D eigenvalue weighted by molar-refractivity contribution is -0.113. The quantitative estimate of drug-likeness (QED) is 0.204. The van der Waals surface area contributed by atoms with E-state index in [2.05, 4.69) is 27.3 Å². The number of benzene rings is 4. The molecule has 0 saturated heterocycles. The number of halogens is 2. The Kier molecular flexibility index (Phi) is 8.80. The Morgan fingerprint density at radius 2 is 1.82 bits per heavy atom. The molecule has 1 amide bonds. The fourth-order valence-electron chi connectivity index (χ4n) is 5.08. The molecule has 222 valence electrons. The second-order valence-corrected chi connectivity index (χ2v) is 12.5. The number of hydrogen-bond donors (Lipinski definition) is 1. The van der Waals surface area contributed by atoms with Crippen molar-refractivity contribution in [2.24, 2.45) is 4.99 Å². The highest BCUT2D eigenvalue weighted by Gasteiger charge is 2.32. The Hall–Kier alpha value is -4.75. The number of carbonyl (C=O) groups excluding carboxylic acids is 1. The number of carbonyl (C=O) groups is 1. The van der Waals surface area contributed by atoms with Gasteiger partial charge in [0.25, 0.3) is 11.5 Å². The predicted molar refractivity (Wildman–Crippen MR) is 180 cm³/mol. The summed E-state index contributed by atoms with van der Waals surface area (Å²) in [5, 5.41) is 12.9. The van der Waals surface area contributed by atoms with Crippen LogP contribution in [0.2, 0.25) is 5.02 Å². The van der Waals surface area contributed by atoms with Crippen molar-refractivity contribution in [2.75, 3.05) is 5.32 Å². The van der Waals surface area contributed by atoms with E-state index in [1.165, 1.54) is 11.3 Å². The Balaban J connectivity index is 1.36. The van der Waals surface area contributed by atoms with Crippen molar-refractivity contribution >= 4 is 56.5 Å². The minimum Gasteiger partial charge on any atom is -0.488 e. The molecule has 2 heterocycles. The summed E-state index contributed by atoms with van der Waals surface area (Å²) < 4.78 is 8.72. The number of para-hydroxylation sites is 1. The van der Waals surface area contributed by atoms with Crippen molar-refractivity contribution < 1.29 is 9.53 Å². The maximum absolute atomic E-state index is 14.0. The first-order chi connectivity index (χ1) is 21.8. The zero-order valence-electron chi connectivity index (χ0n) is 23.8. The number of anilines is 1. The minimum atomic E-state index is -0.705. The molecule has 0 radical (unpaired) electrons. The van der Waals surface area contributed by atoms with E-state index in [0.717, 1.165) is 16.7 Å². The van der Waals surface area contributed by atoms with Gasteiger partial charge in [0.05, 0.1) is 37.9 Å². The molecule has 0 bridgehead atoms. The second-order valence-electron chi connectivity index (χ2n) is 10.2. The average molecular weight is 696 g/mol. The third-order valence-electron chi connectivity index (χ3n) is 7.26. The molecule has 5 aromatic rings. The number of nitrogens with one attached hydrogen (secondary N) is 1. The summed E-state index contributed by atoms with van der Waals surface area (Å²) in [7, 11) is 0. The third-order valence-corrected chi connectivity index (χ3v) is 9.11. The maximum Gasteiger partial charge on any atom is 0.271 e. The summed E-state index contributed by atoms with van der Waals surface area (Å²) >= 11 is 11.0. The third kappa shape index (κ3) is 6.40. The molecule has 10 heteroatoms. The van der Waals surface area contributed by atoms with Gasteiger partial charge in [-0.1, -0.05) is 77.5 Å². The van der Waals surface area contributed by atoms with Gasteiger partial charge in [0, 0.05) is 16.3 Å². The van der Waals surface area contributed by atoms with Crippen molar-refractivity contribution in [3.63, 3.8) is 0 Å². The highest BCUT2D eigenvalue weighted by Crippen LogP contribution is 2.32. The van der Waals surface area contributed by atoms with Gasteiger partial charge in [0.15, 0.2) is 4.80 Å². The first kappa shape index (κ1) is 30.3. The van der Waals surface area contributed by atoms with E-state index >= 15 is 0 Å². The van der Waals surface area contributed by atoms with Gasteiger partial charge < -0.3 is 10.1 Å². The molecule has 1 aliphatic heterocycles. The second kappa shape index (κ2) is 13.1. The fraction of sp³-hybridized carbons (Fsp3) is 0.0857. The van der Waals surface area contributed by atoms with Crippen molar-refractivity contribution in [3.8, 4) is 11.8 Å². The van der Waals surface area contributed by atoms with Gasteiger partial charge in [0.2, 0.25) is 0 Å². The highest BCUT2D eigenvalue weighted by molar-refractivity contribution is 9.10. The number of fused-ring (bicyclic) bond motifs is 1. The van der Waals surface area contributed by atoms with Crippen LogP contribution in [0.4, 0.5) is 5.69 Å². The van der Waals surface area contributed by atoms with E-state index in [1.807, 2.05) is 66.7 Å². The lowest BCUT2D eigenvalue weighted by Crippen LogP contribution is -2.40. The Labute approximate surface area is 276 Å². The number of nitriles is 1.